The minimum atomic E-state index is -1.05. The number of carbonyl (C=O) groups excluding carboxylic acids is 3. The molecule has 1 aliphatic rings. The van der Waals surface area contributed by atoms with E-state index in [1.54, 1.807) is 5.32 Å². The largest absolute Gasteiger partial charge is 0.376 e. The van der Waals surface area contributed by atoms with Gasteiger partial charge in [0.05, 0.1) is 0 Å². The van der Waals surface area contributed by atoms with E-state index in [1.807, 2.05) is 0 Å². The number of hydrogen-bond donors (Lipinski definition) is 1. The summed E-state index contributed by atoms with van der Waals surface area (Å²) < 4.78 is 0. The number of nitrogens with zero attached hydrogens (tertiary/aromatic N) is 2. The van der Waals surface area contributed by atoms with Crippen LogP contribution in [0, 0.1) is 0 Å². The third-order valence-electron chi connectivity index (χ3n) is 0.608. The second-order valence-electron chi connectivity index (χ2n) is 1.24. The van der Waals surface area contributed by atoms with E-state index in [2.05, 4.69) is 10.6 Å². The zero-order chi connectivity index (χ0) is 6.85. The maximum Gasteiger partial charge on any atom is 0.376 e. The van der Waals surface area contributed by atoms with Crippen molar-refractivity contribution in [2.75, 3.05) is 0 Å². The number of urea groups is 3. The molecule has 46 valence electrons. The van der Waals surface area contributed by atoms with Crippen LogP contribution in [-0.4, -0.2) is 18.1 Å². The molecular weight excluding hydrogens is 126 g/mol. The number of hydrogen-bond acceptors (Lipinski definition) is 3. The quantitative estimate of drug-likeness (QED) is 0.459. The lowest BCUT2D eigenvalue weighted by Crippen LogP contribution is -2.51. The van der Waals surface area contributed by atoms with E-state index in [0.29, 0.717) is 0 Å². The molecular formula is C3HN3O3. The number of carbonyl (C=O) groups is 3. The van der Waals surface area contributed by atoms with Gasteiger partial charge in [-0.3, -0.25) is 5.32 Å². The van der Waals surface area contributed by atoms with Crippen LogP contribution in [0.15, 0.2) is 0 Å². The van der Waals surface area contributed by atoms with Crippen molar-refractivity contribution in [1.82, 2.24) is 16.0 Å². The van der Waals surface area contributed by atoms with Crippen LogP contribution >= 0.6 is 0 Å². The van der Waals surface area contributed by atoms with Gasteiger partial charge in [-0.05, 0) is 0 Å². The predicted octanol–water partition coefficient (Wildman–Crippen LogP) is -0.842. The molecule has 2 radical (unpaired) electrons. The molecule has 0 aromatic heterocycles. The molecule has 0 atom stereocenters. The maximum absolute atomic E-state index is 10.1. The van der Waals surface area contributed by atoms with Gasteiger partial charge in [0.25, 0.3) is 0 Å². The summed E-state index contributed by atoms with van der Waals surface area (Å²) >= 11 is 0. The highest BCUT2D eigenvalue weighted by Gasteiger charge is 2.23. The fourth-order valence-corrected chi connectivity index (χ4v) is 0.346. The van der Waals surface area contributed by atoms with Crippen LogP contribution in [0.4, 0.5) is 14.4 Å². The summed E-state index contributed by atoms with van der Waals surface area (Å²) in [6.07, 6.45) is 0. The van der Waals surface area contributed by atoms with Gasteiger partial charge in [-0.15, -0.1) is 10.6 Å². The van der Waals surface area contributed by atoms with Crippen LogP contribution in [-0.2, 0) is 0 Å². The van der Waals surface area contributed by atoms with Gasteiger partial charge >= 0.3 is 18.1 Å². The smallest absolute Gasteiger partial charge is 0.256 e. The van der Waals surface area contributed by atoms with Gasteiger partial charge in [-0.2, -0.15) is 0 Å². The molecule has 6 heteroatoms. The highest BCUT2D eigenvalue weighted by Crippen LogP contribution is 1.81. The average Bonchev–Trinajstić information content (AvgIpc) is 1.59. The topological polar surface area (TPSA) is 91.4 Å². The molecule has 1 rings (SSSR count). The zero-order valence-electron chi connectivity index (χ0n) is 4.12. The summed E-state index contributed by atoms with van der Waals surface area (Å²) in [6, 6.07) is -2.97. The molecule has 0 saturated carbocycles. The Morgan fingerprint density at radius 2 is 1.44 bits per heavy atom. The van der Waals surface area contributed by atoms with E-state index in [4.69, 9.17) is 0 Å². The van der Waals surface area contributed by atoms with Gasteiger partial charge in [0.2, 0.25) is 0 Å². The van der Waals surface area contributed by atoms with Crippen molar-refractivity contribution < 1.29 is 14.4 Å². The molecule has 0 aliphatic carbocycles. The molecule has 9 heavy (non-hydrogen) atoms. The van der Waals surface area contributed by atoms with Crippen LogP contribution in [0.2, 0.25) is 0 Å². The van der Waals surface area contributed by atoms with Gasteiger partial charge in [-0.25, -0.2) is 14.4 Å². The van der Waals surface area contributed by atoms with E-state index in [-0.39, 0.29) is 0 Å². The Hall–Kier alpha value is -1.59. The molecule has 1 saturated heterocycles. The lowest BCUT2D eigenvalue weighted by Gasteiger charge is -2.05. The van der Waals surface area contributed by atoms with Gasteiger partial charge in [-0.1, -0.05) is 0 Å². The van der Waals surface area contributed by atoms with Gasteiger partial charge < -0.3 is 0 Å². The number of imide groups is 3. The minimum Gasteiger partial charge on any atom is -0.256 e. The Morgan fingerprint density at radius 3 is 1.78 bits per heavy atom. The molecule has 6 nitrogen and oxygen atoms in total. The number of rotatable bonds is 0. The molecule has 0 aromatic rings. The first-order valence-electron chi connectivity index (χ1n) is 2.01. The minimum absolute atomic E-state index is 0.958. The molecule has 1 aliphatic heterocycles. The molecule has 6 amide bonds. The first kappa shape index (κ1) is 5.54. The third-order valence-corrected chi connectivity index (χ3v) is 0.608. The van der Waals surface area contributed by atoms with Crippen molar-refractivity contribution in [3.63, 3.8) is 0 Å². The van der Waals surface area contributed by atoms with Crippen molar-refractivity contribution in [2.45, 2.75) is 0 Å². The van der Waals surface area contributed by atoms with Crippen molar-refractivity contribution in [3.05, 3.63) is 0 Å². The highest BCUT2D eigenvalue weighted by atomic mass is 16.2. The van der Waals surface area contributed by atoms with Crippen LogP contribution in [0.3, 0.4) is 0 Å². The Balaban J connectivity index is 2.64. The summed E-state index contributed by atoms with van der Waals surface area (Å²) in [6.45, 7) is 0. The Labute approximate surface area is 49.6 Å². The first-order valence-corrected chi connectivity index (χ1v) is 2.01. The second-order valence-corrected chi connectivity index (χ2v) is 1.24. The molecule has 0 unspecified atom stereocenters. The van der Waals surface area contributed by atoms with Crippen molar-refractivity contribution >= 4 is 18.1 Å². The molecule has 1 N–H and O–H groups in total. The zero-order valence-corrected chi connectivity index (χ0v) is 4.12. The predicted molar refractivity (Wildman–Crippen MR) is 23.6 cm³/mol. The Kier molecular flexibility index (Phi) is 1.07. The third kappa shape index (κ3) is 1.15. The summed E-state index contributed by atoms with van der Waals surface area (Å²) in [5.41, 5.74) is 0. The lowest BCUT2D eigenvalue weighted by atomic mass is 10.7. The molecule has 1 fully saturated rings. The van der Waals surface area contributed by atoms with E-state index in [9.17, 15) is 14.4 Å². The summed E-state index contributed by atoms with van der Waals surface area (Å²) in [4.78, 5) is 30.3. The second kappa shape index (κ2) is 1.73. The van der Waals surface area contributed by atoms with Gasteiger partial charge in [0.1, 0.15) is 0 Å². The Bertz CT molecular complexity index is 141. The van der Waals surface area contributed by atoms with E-state index in [0.717, 1.165) is 0 Å². The molecule has 0 bridgehead atoms. The number of amides is 6. The monoisotopic (exact) mass is 127 g/mol. The molecule has 0 spiro atoms. The first-order chi connectivity index (χ1) is 4.18. The van der Waals surface area contributed by atoms with Crippen LogP contribution in [0.25, 0.3) is 0 Å². The lowest BCUT2D eigenvalue weighted by molar-refractivity contribution is 0.209. The number of nitrogens with one attached hydrogen (secondary N) is 1. The van der Waals surface area contributed by atoms with E-state index < -0.39 is 18.1 Å². The standard InChI is InChI=1S/C3HN3O3/c7-1-4-2(8)6-3(9)5-1/h(H,4,7,8). The van der Waals surface area contributed by atoms with Crippen molar-refractivity contribution in [2.24, 2.45) is 0 Å². The molecule has 1 heterocycles. The van der Waals surface area contributed by atoms with Crippen molar-refractivity contribution in [3.8, 4) is 0 Å². The summed E-state index contributed by atoms with van der Waals surface area (Å²) in [5, 5.41) is 7.19. The maximum atomic E-state index is 10.1. The van der Waals surface area contributed by atoms with Crippen LogP contribution in [0.5, 0.6) is 0 Å². The van der Waals surface area contributed by atoms with E-state index in [1.165, 1.54) is 0 Å². The van der Waals surface area contributed by atoms with Crippen molar-refractivity contribution in [1.29, 1.82) is 0 Å². The summed E-state index contributed by atoms with van der Waals surface area (Å²) in [5.74, 6) is 0. The van der Waals surface area contributed by atoms with Crippen LogP contribution in [0.1, 0.15) is 0 Å². The Morgan fingerprint density at radius 1 is 1.00 bits per heavy atom. The summed E-state index contributed by atoms with van der Waals surface area (Å²) in [7, 11) is 0. The van der Waals surface area contributed by atoms with Gasteiger partial charge in [0, 0.05) is 0 Å². The van der Waals surface area contributed by atoms with Gasteiger partial charge in [0.15, 0.2) is 0 Å². The SMILES string of the molecule is O=C1[N]C(=O)NC(=O)[N]1. The molecule has 0 aromatic carbocycles. The van der Waals surface area contributed by atoms with E-state index >= 15 is 0 Å². The average molecular weight is 127 g/mol. The van der Waals surface area contributed by atoms with Crippen LogP contribution < -0.4 is 16.0 Å². The fraction of sp³-hybridized carbons (Fsp3) is 0. The highest BCUT2D eigenvalue weighted by molar-refractivity contribution is 6.11. The fourth-order valence-electron chi connectivity index (χ4n) is 0.346. The normalized spacial score (nSPS) is 18.0.